The first kappa shape index (κ1) is 9.48. The van der Waals surface area contributed by atoms with Gasteiger partial charge in [0.05, 0.1) is 5.52 Å². The Kier molecular flexibility index (Phi) is 2.01. The highest BCUT2D eigenvalue weighted by atomic mass is 35.7. The van der Waals surface area contributed by atoms with E-state index in [2.05, 4.69) is 10.2 Å². The van der Waals surface area contributed by atoms with Crippen LogP contribution in [0.5, 0.6) is 0 Å². The number of aromatic amines is 1. The third kappa shape index (κ3) is 1.49. The third-order valence-electron chi connectivity index (χ3n) is 1.92. The van der Waals surface area contributed by atoms with Crippen LogP contribution in [0, 0.1) is 6.92 Å². The summed E-state index contributed by atoms with van der Waals surface area (Å²) in [6, 6.07) is 5.33. The van der Waals surface area contributed by atoms with Gasteiger partial charge in [-0.2, -0.15) is 5.10 Å². The summed E-state index contributed by atoms with van der Waals surface area (Å²) in [6.07, 6.45) is 0. The van der Waals surface area contributed by atoms with Crippen LogP contribution in [0.1, 0.15) is 5.56 Å². The van der Waals surface area contributed by atoms with Crippen LogP contribution in [0.15, 0.2) is 23.2 Å². The summed E-state index contributed by atoms with van der Waals surface area (Å²) in [5.41, 5.74) is 1.55. The molecule has 0 fully saturated rings. The molecule has 0 aliphatic carbocycles. The first-order valence-corrected chi connectivity index (χ1v) is 6.19. The van der Waals surface area contributed by atoms with Crippen LogP contribution in [0.25, 0.3) is 10.9 Å². The van der Waals surface area contributed by atoms with Gasteiger partial charge in [0.1, 0.15) is 0 Å². The molecule has 2 aromatic rings. The van der Waals surface area contributed by atoms with Crippen LogP contribution in [0.3, 0.4) is 0 Å². The van der Waals surface area contributed by atoms with E-state index >= 15 is 0 Å². The van der Waals surface area contributed by atoms with E-state index in [-0.39, 0.29) is 5.03 Å². The molecule has 0 aliphatic rings. The average molecular weight is 231 g/mol. The first-order chi connectivity index (χ1) is 6.48. The van der Waals surface area contributed by atoms with Gasteiger partial charge in [-0.1, -0.05) is 11.6 Å². The second-order valence-electron chi connectivity index (χ2n) is 3.01. The Labute approximate surface area is 85.3 Å². The number of benzene rings is 1. The molecule has 1 N–H and O–H groups in total. The molecule has 0 bridgehead atoms. The van der Waals surface area contributed by atoms with Gasteiger partial charge in [0.25, 0.3) is 9.05 Å². The molecule has 1 heterocycles. The summed E-state index contributed by atoms with van der Waals surface area (Å²) in [4.78, 5) is 0. The van der Waals surface area contributed by atoms with Crippen molar-refractivity contribution < 1.29 is 8.42 Å². The van der Waals surface area contributed by atoms with Gasteiger partial charge >= 0.3 is 0 Å². The van der Waals surface area contributed by atoms with Crippen molar-refractivity contribution in [2.24, 2.45) is 0 Å². The predicted octanol–water partition coefficient (Wildman–Crippen LogP) is 1.80. The van der Waals surface area contributed by atoms with Crippen molar-refractivity contribution in [3.63, 3.8) is 0 Å². The molecular weight excluding hydrogens is 224 g/mol. The lowest BCUT2D eigenvalue weighted by atomic mass is 10.2. The predicted molar refractivity (Wildman–Crippen MR) is 53.9 cm³/mol. The molecule has 0 radical (unpaired) electrons. The standard InChI is InChI=1S/C8H7ClN2O2S/c1-5-2-3-7-6(4-5)8(11-10-7)14(9,12)13/h2-4H,1H3,(H,10,11). The van der Waals surface area contributed by atoms with Crippen LogP contribution < -0.4 is 0 Å². The van der Waals surface area contributed by atoms with E-state index in [0.717, 1.165) is 5.56 Å². The Hall–Kier alpha value is -1.07. The number of fused-ring (bicyclic) bond motifs is 1. The fourth-order valence-corrected chi connectivity index (χ4v) is 2.22. The van der Waals surface area contributed by atoms with E-state index < -0.39 is 9.05 Å². The van der Waals surface area contributed by atoms with E-state index in [9.17, 15) is 8.42 Å². The lowest BCUT2D eigenvalue weighted by Crippen LogP contribution is -1.91. The molecule has 0 spiro atoms. The monoisotopic (exact) mass is 230 g/mol. The lowest BCUT2D eigenvalue weighted by molar-refractivity contribution is 0.606. The van der Waals surface area contributed by atoms with Gasteiger partial charge in [0, 0.05) is 16.1 Å². The van der Waals surface area contributed by atoms with Gasteiger partial charge in [-0.3, -0.25) is 5.10 Å². The van der Waals surface area contributed by atoms with Crippen LogP contribution in [0.2, 0.25) is 0 Å². The molecule has 0 saturated heterocycles. The number of hydrogen-bond donors (Lipinski definition) is 1. The molecule has 1 aromatic heterocycles. The number of nitrogens with one attached hydrogen (secondary N) is 1. The third-order valence-corrected chi connectivity index (χ3v) is 3.18. The molecule has 4 nitrogen and oxygen atoms in total. The Morgan fingerprint density at radius 1 is 1.43 bits per heavy atom. The van der Waals surface area contributed by atoms with Crippen molar-refractivity contribution in [1.82, 2.24) is 10.2 Å². The van der Waals surface area contributed by atoms with Crippen LogP contribution in [0.4, 0.5) is 0 Å². The lowest BCUT2D eigenvalue weighted by Gasteiger charge is -1.93. The Morgan fingerprint density at radius 2 is 2.14 bits per heavy atom. The van der Waals surface area contributed by atoms with Crippen molar-refractivity contribution in [1.29, 1.82) is 0 Å². The number of aryl methyl sites for hydroxylation is 1. The fraction of sp³-hybridized carbons (Fsp3) is 0.125. The summed E-state index contributed by atoms with van der Waals surface area (Å²) >= 11 is 0. The van der Waals surface area contributed by atoms with Crippen LogP contribution in [-0.2, 0) is 9.05 Å². The highest BCUT2D eigenvalue weighted by molar-refractivity contribution is 8.13. The molecule has 0 saturated carbocycles. The Bertz CT molecular complexity index is 588. The SMILES string of the molecule is Cc1ccc2n[nH]c(S(=O)(=O)Cl)c2c1. The molecular formula is C8H7ClN2O2S. The maximum Gasteiger partial charge on any atom is 0.278 e. The Balaban J connectivity index is 2.87. The van der Waals surface area contributed by atoms with Crippen LogP contribution in [-0.4, -0.2) is 18.6 Å². The largest absolute Gasteiger partial charge is 0.278 e. The summed E-state index contributed by atoms with van der Waals surface area (Å²) in [5.74, 6) is 0. The first-order valence-electron chi connectivity index (χ1n) is 3.88. The number of rotatable bonds is 1. The molecule has 0 aliphatic heterocycles. The van der Waals surface area contributed by atoms with Gasteiger partial charge in [-0.15, -0.1) is 0 Å². The fourth-order valence-electron chi connectivity index (χ4n) is 1.29. The average Bonchev–Trinajstić information content (AvgIpc) is 2.45. The van der Waals surface area contributed by atoms with E-state index in [1.807, 2.05) is 13.0 Å². The van der Waals surface area contributed by atoms with E-state index in [1.165, 1.54) is 0 Å². The minimum atomic E-state index is -3.75. The molecule has 6 heteroatoms. The van der Waals surface area contributed by atoms with Gasteiger partial charge in [-0.05, 0) is 19.1 Å². The number of nitrogens with zero attached hydrogens (tertiary/aromatic N) is 1. The smallest absolute Gasteiger partial charge is 0.265 e. The molecule has 0 amide bonds. The molecule has 74 valence electrons. The van der Waals surface area contributed by atoms with Crippen molar-refractivity contribution in [3.8, 4) is 0 Å². The van der Waals surface area contributed by atoms with E-state index in [0.29, 0.717) is 10.9 Å². The van der Waals surface area contributed by atoms with Gasteiger partial charge in [0.15, 0.2) is 5.03 Å². The minimum absolute atomic E-state index is 0.0436. The topological polar surface area (TPSA) is 62.8 Å². The Morgan fingerprint density at radius 3 is 2.79 bits per heavy atom. The van der Waals surface area contributed by atoms with Crippen molar-refractivity contribution in [3.05, 3.63) is 23.8 Å². The van der Waals surface area contributed by atoms with Crippen molar-refractivity contribution >= 4 is 30.6 Å². The highest BCUT2D eigenvalue weighted by Crippen LogP contribution is 2.23. The number of aromatic nitrogens is 2. The van der Waals surface area contributed by atoms with Crippen molar-refractivity contribution in [2.75, 3.05) is 0 Å². The zero-order chi connectivity index (χ0) is 10.3. The molecule has 0 unspecified atom stereocenters. The van der Waals surface area contributed by atoms with Gasteiger partial charge in [-0.25, -0.2) is 8.42 Å². The summed E-state index contributed by atoms with van der Waals surface area (Å²) in [5, 5.41) is 6.73. The summed E-state index contributed by atoms with van der Waals surface area (Å²) in [7, 11) is 1.48. The maximum atomic E-state index is 11.1. The second-order valence-corrected chi connectivity index (χ2v) is 5.51. The van der Waals surface area contributed by atoms with Gasteiger partial charge < -0.3 is 0 Å². The zero-order valence-electron chi connectivity index (χ0n) is 7.28. The van der Waals surface area contributed by atoms with E-state index in [4.69, 9.17) is 10.7 Å². The quantitative estimate of drug-likeness (QED) is 0.760. The number of hydrogen-bond acceptors (Lipinski definition) is 3. The van der Waals surface area contributed by atoms with Crippen molar-refractivity contribution in [2.45, 2.75) is 11.9 Å². The summed E-state index contributed by atoms with van der Waals surface area (Å²) in [6.45, 7) is 1.87. The highest BCUT2D eigenvalue weighted by Gasteiger charge is 2.16. The number of H-pyrrole nitrogens is 1. The number of halogens is 1. The zero-order valence-corrected chi connectivity index (χ0v) is 8.85. The molecule has 1 aromatic carbocycles. The molecule has 2 rings (SSSR count). The second kappa shape index (κ2) is 2.96. The molecule has 0 atom stereocenters. The van der Waals surface area contributed by atoms with Gasteiger partial charge in [0.2, 0.25) is 0 Å². The maximum absolute atomic E-state index is 11.1. The van der Waals surface area contributed by atoms with Crippen LogP contribution >= 0.6 is 10.7 Å². The molecule has 14 heavy (non-hydrogen) atoms. The summed E-state index contributed by atoms with van der Waals surface area (Å²) < 4.78 is 22.2. The minimum Gasteiger partial charge on any atom is -0.265 e. The normalized spacial score (nSPS) is 12.1. The van der Waals surface area contributed by atoms with E-state index in [1.54, 1.807) is 12.1 Å².